The number of carbonyl (C=O) groups excluding carboxylic acids is 2. The van der Waals surface area contributed by atoms with Gasteiger partial charge in [-0.1, -0.05) is 44.5 Å². The zero-order valence-corrected chi connectivity index (χ0v) is 26.0. The molecule has 42 heavy (non-hydrogen) atoms. The van der Waals surface area contributed by atoms with E-state index in [9.17, 15) is 19.5 Å². The molecule has 2 aromatic heterocycles. The average molecular weight is 594 g/mol. The number of piperazine rings is 1. The minimum absolute atomic E-state index is 0.0556. The normalized spacial score (nSPS) is 22.8. The van der Waals surface area contributed by atoms with Crippen molar-refractivity contribution in [1.82, 2.24) is 14.8 Å². The highest BCUT2D eigenvalue weighted by atomic mass is 35.5. The van der Waals surface area contributed by atoms with Crippen molar-refractivity contribution < 1.29 is 23.9 Å². The number of furan rings is 1. The van der Waals surface area contributed by atoms with Gasteiger partial charge in [0.2, 0.25) is 5.91 Å². The summed E-state index contributed by atoms with van der Waals surface area (Å²) in [6, 6.07) is 11.3. The smallest absolute Gasteiger partial charge is 0.309 e. The maximum Gasteiger partial charge on any atom is 0.309 e. The Labute approximate surface area is 252 Å². The largest absolute Gasteiger partial charge is 0.481 e. The van der Waals surface area contributed by atoms with E-state index in [0.29, 0.717) is 61.4 Å². The second-order valence-corrected chi connectivity index (χ2v) is 14.2. The van der Waals surface area contributed by atoms with Crippen molar-refractivity contribution in [2.24, 2.45) is 11.3 Å². The SMILES string of the molecule is CC1(C(=O)O)CCC(C(=O)N2CCN(C(=O)c3cc4nc(-c5ccc(Cl)cc5)cc(C(C)(C)C)c4o3)C(C)(C)C2)CC1. The molecule has 5 rings (SSSR count). The van der Waals surface area contributed by atoms with Crippen molar-refractivity contribution in [3.8, 4) is 11.3 Å². The predicted octanol–water partition coefficient (Wildman–Crippen LogP) is 6.79. The zero-order valence-electron chi connectivity index (χ0n) is 25.3. The van der Waals surface area contributed by atoms with E-state index in [4.69, 9.17) is 21.0 Å². The monoisotopic (exact) mass is 593 g/mol. The van der Waals surface area contributed by atoms with Crippen LogP contribution < -0.4 is 0 Å². The Hall–Kier alpha value is -3.39. The number of carboxylic acid groups (broad SMARTS) is 1. The Balaban J connectivity index is 1.36. The molecule has 1 aromatic carbocycles. The molecule has 1 aliphatic heterocycles. The van der Waals surface area contributed by atoms with E-state index in [1.54, 1.807) is 17.9 Å². The van der Waals surface area contributed by atoms with Gasteiger partial charge in [0.1, 0.15) is 5.52 Å². The summed E-state index contributed by atoms with van der Waals surface area (Å²) in [6.45, 7) is 13.2. The second kappa shape index (κ2) is 10.7. The van der Waals surface area contributed by atoms with Crippen molar-refractivity contribution in [2.75, 3.05) is 19.6 Å². The summed E-state index contributed by atoms with van der Waals surface area (Å²) >= 11 is 6.10. The highest BCUT2D eigenvalue weighted by Crippen LogP contribution is 2.40. The van der Waals surface area contributed by atoms with Gasteiger partial charge in [0, 0.05) is 47.8 Å². The van der Waals surface area contributed by atoms with Crippen LogP contribution in [0.5, 0.6) is 0 Å². The minimum atomic E-state index is -0.793. The minimum Gasteiger partial charge on any atom is -0.481 e. The van der Waals surface area contributed by atoms with Gasteiger partial charge in [0.25, 0.3) is 5.91 Å². The number of carbonyl (C=O) groups is 3. The third-order valence-corrected chi connectivity index (χ3v) is 9.30. The molecule has 0 bridgehead atoms. The molecule has 0 atom stereocenters. The average Bonchev–Trinajstić information content (AvgIpc) is 3.36. The van der Waals surface area contributed by atoms with E-state index in [0.717, 1.165) is 16.8 Å². The first-order chi connectivity index (χ1) is 19.6. The van der Waals surface area contributed by atoms with Gasteiger partial charge in [-0.2, -0.15) is 0 Å². The highest BCUT2D eigenvalue weighted by Gasteiger charge is 2.44. The molecule has 1 aliphatic carbocycles. The first-order valence-corrected chi connectivity index (χ1v) is 15.0. The Morgan fingerprint density at radius 3 is 2.24 bits per heavy atom. The Bertz CT molecular complexity index is 1530. The van der Waals surface area contributed by atoms with Gasteiger partial charge in [-0.15, -0.1) is 0 Å². The molecule has 0 radical (unpaired) electrons. The third kappa shape index (κ3) is 5.65. The lowest BCUT2D eigenvalue weighted by atomic mass is 9.71. The Kier molecular flexibility index (Phi) is 7.67. The summed E-state index contributed by atoms with van der Waals surface area (Å²) in [7, 11) is 0. The van der Waals surface area contributed by atoms with Crippen molar-refractivity contribution in [3.63, 3.8) is 0 Å². The van der Waals surface area contributed by atoms with E-state index in [1.165, 1.54) is 0 Å². The molecule has 1 N–H and O–H groups in total. The van der Waals surface area contributed by atoms with Crippen LogP contribution in [0.3, 0.4) is 0 Å². The number of hydrogen-bond donors (Lipinski definition) is 1. The van der Waals surface area contributed by atoms with Gasteiger partial charge in [0.05, 0.1) is 16.6 Å². The quantitative estimate of drug-likeness (QED) is 0.357. The lowest BCUT2D eigenvalue weighted by Gasteiger charge is -2.48. The van der Waals surface area contributed by atoms with E-state index in [1.807, 2.05) is 49.1 Å². The van der Waals surface area contributed by atoms with E-state index in [-0.39, 0.29) is 28.9 Å². The Morgan fingerprint density at radius 2 is 1.67 bits per heavy atom. The van der Waals surface area contributed by atoms with Crippen LogP contribution in [0.25, 0.3) is 22.4 Å². The fourth-order valence-corrected chi connectivity index (χ4v) is 6.41. The summed E-state index contributed by atoms with van der Waals surface area (Å²) in [4.78, 5) is 47.4. The van der Waals surface area contributed by atoms with Gasteiger partial charge in [-0.25, -0.2) is 4.98 Å². The molecular weight excluding hydrogens is 554 g/mol. The molecule has 224 valence electrons. The van der Waals surface area contributed by atoms with Crippen LogP contribution in [0.2, 0.25) is 5.02 Å². The molecule has 3 heterocycles. The van der Waals surface area contributed by atoms with Crippen molar-refractivity contribution in [2.45, 2.75) is 78.2 Å². The van der Waals surface area contributed by atoms with E-state index < -0.39 is 16.9 Å². The first-order valence-electron chi connectivity index (χ1n) is 14.6. The van der Waals surface area contributed by atoms with Gasteiger partial charge < -0.3 is 19.3 Å². The summed E-state index contributed by atoms with van der Waals surface area (Å²) < 4.78 is 6.25. The summed E-state index contributed by atoms with van der Waals surface area (Å²) in [5, 5.41) is 10.2. The summed E-state index contributed by atoms with van der Waals surface area (Å²) in [5.74, 6) is -0.918. The number of halogens is 1. The third-order valence-electron chi connectivity index (χ3n) is 9.05. The molecule has 2 amide bonds. The summed E-state index contributed by atoms with van der Waals surface area (Å²) in [5.41, 5.74) is 2.24. The van der Waals surface area contributed by atoms with Crippen LogP contribution in [0.1, 0.15) is 83.3 Å². The first kappa shape index (κ1) is 30.1. The number of nitrogens with zero attached hydrogens (tertiary/aromatic N) is 3. The molecular formula is C33H40ClN3O5. The van der Waals surface area contributed by atoms with Gasteiger partial charge >= 0.3 is 5.97 Å². The van der Waals surface area contributed by atoms with Gasteiger partial charge in [0.15, 0.2) is 11.3 Å². The standard InChI is InChI=1S/C33H40ClN3O5/c1-31(2,3)23-17-24(20-7-9-22(34)10-8-20)35-25-18-26(42-27(23)25)29(39)37-16-15-36(19-32(37,4)5)28(38)21-11-13-33(6,14-12-21)30(40)41/h7-10,17-18,21H,11-16,19H2,1-6H3,(H,40,41). The molecule has 3 aromatic rings. The summed E-state index contributed by atoms with van der Waals surface area (Å²) in [6.07, 6.45) is 2.14. The maximum absolute atomic E-state index is 13.9. The molecule has 1 saturated heterocycles. The fraction of sp³-hybridized carbons (Fsp3) is 0.515. The number of aromatic nitrogens is 1. The van der Waals surface area contributed by atoms with Crippen LogP contribution in [0.15, 0.2) is 40.8 Å². The van der Waals surface area contributed by atoms with Crippen LogP contribution in [-0.4, -0.2) is 62.8 Å². The van der Waals surface area contributed by atoms with Crippen molar-refractivity contribution in [1.29, 1.82) is 0 Å². The molecule has 9 heteroatoms. The molecule has 2 aliphatic rings. The van der Waals surface area contributed by atoms with Gasteiger partial charge in [-0.05, 0) is 70.1 Å². The number of rotatable bonds is 4. The zero-order chi connectivity index (χ0) is 30.6. The van der Waals surface area contributed by atoms with Crippen LogP contribution in [0.4, 0.5) is 0 Å². The number of benzene rings is 1. The molecule has 0 spiro atoms. The highest BCUT2D eigenvalue weighted by molar-refractivity contribution is 6.30. The number of aliphatic carboxylic acids is 1. The van der Waals surface area contributed by atoms with Gasteiger partial charge in [-0.3, -0.25) is 14.4 Å². The maximum atomic E-state index is 13.9. The Morgan fingerprint density at radius 1 is 1.02 bits per heavy atom. The van der Waals surface area contributed by atoms with Crippen LogP contribution in [-0.2, 0) is 15.0 Å². The topological polar surface area (TPSA) is 104 Å². The lowest BCUT2D eigenvalue weighted by Crippen LogP contribution is -2.62. The molecule has 0 unspecified atom stereocenters. The van der Waals surface area contributed by atoms with Crippen LogP contribution in [0, 0.1) is 11.3 Å². The number of carboxylic acids is 1. The number of amides is 2. The number of hydrogen-bond acceptors (Lipinski definition) is 5. The molecule has 1 saturated carbocycles. The second-order valence-electron chi connectivity index (χ2n) is 13.8. The number of fused-ring (bicyclic) bond motifs is 1. The van der Waals surface area contributed by atoms with E-state index in [2.05, 4.69) is 20.8 Å². The molecule has 8 nitrogen and oxygen atoms in total. The van der Waals surface area contributed by atoms with Crippen molar-refractivity contribution in [3.05, 3.63) is 52.7 Å². The molecule has 2 fully saturated rings. The fourth-order valence-electron chi connectivity index (χ4n) is 6.28. The number of pyridine rings is 1. The van der Waals surface area contributed by atoms with Crippen LogP contribution >= 0.6 is 11.6 Å². The predicted molar refractivity (Wildman–Crippen MR) is 163 cm³/mol. The van der Waals surface area contributed by atoms with Crippen molar-refractivity contribution >= 4 is 40.5 Å². The van der Waals surface area contributed by atoms with E-state index >= 15 is 0 Å². The lowest BCUT2D eigenvalue weighted by molar-refractivity contribution is -0.153.